The molecule has 0 radical (unpaired) electrons. The molecule has 11 heteroatoms. The number of pyridine rings is 1. The maximum atomic E-state index is 13.3. The third-order valence-corrected chi connectivity index (χ3v) is 9.04. The Morgan fingerprint density at radius 3 is 2.33 bits per heavy atom. The number of alkyl halides is 3. The quantitative estimate of drug-likeness (QED) is 0.717. The fourth-order valence-corrected chi connectivity index (χ4v) is 6.93. The molecule has 7 nitrogen and oxygen atoms in total. The molecule has 180 valence electrons. The summed E-state index contributed by atoms with van der Waals surface area (Å²) in [7, 11) is -2.89. The standard InChI is InChI=1S/C22H28F3N5O2S/c1-12(2)30-19(10-18(28-30)13-7-17(22(23,24)25)21(26)27-11-13)20-15-8-14(9-16(15)20)29-3-5-33(31,32)6-4-29/h7,10-12,14-16,20H,3-6,8-9H2,1-2H3,(H2,26,27)/t14?,15-,16+,20+. The third kappa shape index (κ3) is 4.14. The van der Waals surface area contributed by atoms with Crippen LogP contribution in [0.25, 0.3) is 11.3 Å². The molecule has 0 bridgehead atoms. The van der Waals surface area contributed by atoms with E-state index in [4.69, 9.17) is 5.73 Å². The topological polar surface area (TPSA) is 94.1 Å². The molecule has 3 heterocycles. The fraction of sp³-hybridized carbons (Fsp3) is 0.636. The summed E-state index contributed by atoms with van der Waals surface area (Å²) in [4.78, 5) is 6.07. The monoisotopic (exact) mass is 483 g/mol. The minimum Gasteiger partial charge on any atom is -0.383 e. The number of hydrogen-bond acceptors (Lipinski definition) is 6. The number of anilines is 1. The first kappa shape index (κ1) is 22.6. The van der Waals surface area contributed by atoms with Crippen LogP contribution < -0.4 is 5.73 Å². The fourth-order valence-electron chi connectivity index (χ4n) is 5.70. The van der Waals surface area contributed by atoms with Crippen molar-refractivity contribution in [3.63, 3.8) is 0 Å². The summed E-state index contributed by atoms with van der Waals surface area (Å²) < 4.78 is 65.3. The van der Waals surface area contributed by atoms with Gasteiger partial charge < -0.3 is 5.73 Å². The zero-order valence-electron chi connectivity index (χ0n) is 18.6. The van der Waals surface area contributed by atoms with E-state index in [-0.39, 0.29) is 17.5 Å². The molecule has 1 unspecified atom stereocenters. The van der Waals surface area contributed by atoms with Crippen LogP contribution in [0.1, 0.15) is 49.9 Å². The van der Waals surface area contributed by atoms with Crippen molar-refractivity contribution in [1.29, 1.82) is 0 Å². The highest BCUT2D eigenvalue weighted by atomic mass is 32.2. The van der Waals surface area contributed by atoms with Gasteiger partial charge in [-0.1, -0.05) is 0 Å². The molecule has 0 amide bonds. The normalized spacial score (nSPS) is 29.4. The van der Waals surface area contributed by atoms with E-state index in [9.17, 15) is 21.6 Å². The van der Waals surface area contributed by atoms with E-state index in [1.807, 2.05) is 24.6 Å². The van der Waals surface area contributed by atoms with Crippen LogP contribution in [0.2, 0.25) is 0 Å². The Balaban J connectivity index is 1.35. The van der Waals surface area contributed by atoms with Gasteiger partial charge in [-0.3, -0.25) is 9.58 Å². The van der Waals surface area contributed by atoms with Gasteiger partial charge in [0.05, 0.1) is 22.8 Å². The Hall–Kier alpha value is -2.14. The number of fused-ring (bicyclic) bond motifs is 1. The molecule has 1 aliphatic heterocycles. The molecule has 2 aromatic heterocycles. The molecule has 2 saturated carbocycles. The maximum Gasteiger partial charge on any atom is 0.419 e. The van der Waals surface area contributed by atoms with Crippen molar-refractivity contribution in [3.8, 4) is 11.3 Å². The number of aromatic nitrogens is 3. The lowest BCUT2D eigenvalue weighted by Crippen LogP contribution is -2.45. The van der Waals surface area contributed by atoms with Crippen LogP contribution in [0.15, 0.2) is 18.3 Å². The number of halogens is 3. The van der Waals surface area contributed by atoms with Crippen molar-refractivity contribution in [3.05, 3.63) is 29.6 Å². The van der Waals surface area contributed by atoms with Crippen LogP contribution in [0.4, 0.5) is 19.0 Å². The second-order valence-corrected chi connectivity index (χ2v) is 12.1. The molecular weight excluding hydrogens is 455 g/mol. The number of rotatable bonds is 4. The van der Waals surface area contributed by atoms with Crippen molar-refractivity contribution in [2.75, 3.05) is 30.3 Å². The van der Waals surface area contributed by atoms with Crippen molar-refractivity contribution < 1.29 is 21.6 Å². The van der Waals surface area contributed by atoms with E-state index >= 15 is 0 Å². The number of sulfone groups is 1. The van der Waals surface area contributed by atoms with Gasteiger partial charge in [0.25, 0.3) is 0 Å². The molecule has 2 aromatic rings. The van der Waals surface area contributed by atoms with Gasteiger partial charge in [0.1, 0.15) is 5.82 Å². The molecule has 0 spiro atoms. The highest BCUT2D eigenvalue weighted by Gasteiger charge is 2.58. The molecular formula is C22H28F3N5O2S. The Morgan fingerprint density at radius 1 is 1.12 bits per heavy atom. The summed E-state index contributed by atoms with van der Waals surface area (Å²) in [6.07, 6.45) is -1.19. The largest absolute Gasteiger partial charge is 0.419 e. The van der Waals surface area contributed by atoms with Gasteiger partial charge in [-0.2, -0.15) is 18.3 Å². The molecule has 3 aliphatic rings. The molecule has 33 heavy (non-hydrogen) atoms. The van der Waals surface area contributed by atoms with Crippen LogP contribution in [0.3, 0.4) is 0 Å². The average Bonchev–Trinajstić information content (AvgIpc) is 3.06. The molecule has 5 rings (SSSR count). The Morgan fingerprint density at radius 2 is 1.76 bits per heavy atom. The van der Waals surface area contributed by atoms with Gasteiger partial charge in [-0.25, -0.2) is 13.4 Å². The first-order chi connectivity index (χ1) is 15.4. The van der Waals surface area contributed by atoms with Gasteiger partial charge in [0.2, 0.25) is 0 Å². The van der Waals surface area contributed by atoms with Gasteiger partial charge in [-0.15, -0.1) is 0 Å². The lowest BCUT2D eigenvalue weighted by atomic mass is 10.0. The van der Waals surface area contributed by atoms with Gasteiger partial charge in [0.15, 0.2) is 9.84 Å². The minimum atomic E-state index is -4.58. The summed E-state index contributed by atoms with van der Waals surface area (Å²) in [5, 5.41) is 4.64. The Labute approximate surface area is 191 Å². The van der Waals surface area contributed by atoms with Gasteiger partial charge in [0, 0.05) is 48.5 Å². The number of hydrogen-bond donors (Lipinski definition) is 1. The van der Waals surface area contributed by atoms with Crippen LogP contribution >= 0.6 is 0 Å². The van der Waals surface area contributed by atoms with E-state index in [1.54, 1.807) is 0 Å². The van der Waals surface area contributed by atoms with E-state index in [2.05, 4.69) is 15.0 Å². The summed E-state index contributed by atoms with van der Waals surface area (Å²) in [6.45, 7) is 5.24. The second kappa shape index (κ2) is 7.69. The highest BCUT2D eigenvalue weighted by Crippen LogP contribution is 2.64. The Bertz CT molecular complexity index is 1150. The van der Waals surface area contributed by atoms with Crippen LogP contribution in [-0.4, -0.2) is 58.7 Å². The zero-order valence-corrected chi connectivity index (χ0v) is 19.4. The summed E-state index contributed by atoms with van der Waals surface area (Å²) in [5.74, 6) is 1.28. The predicted octanol–water partition coefficient (Wildman–Crippen LogP) is 3.35. The molecule has 0 aromatic carbocycles. The SMILES string of the molecule is CC(C)n1nc(-c2cnc(N)c(C(F)(F)F)c2)cc1[C@H]1[C@@H]2CC(N3CCS(=O)(=O)CC3)C[C@@H]21. The van der Waals surface area contributed by atoms with Crippen molar-refractivity contribution in [2.24, 2.45) is 11.8 Å². The smallest absolute Gasteiger partial charge is 0.383 e. The van der Waals surface area contributed by atoms with E-state index in [0.29, 0.717) is 48.1 Å². The van der Waals surface area contributed by atoms with Crippen molar-refractivity contribution in [2.45, 2.75) is 50.9 Å². The van der Waals surface area contributed by atoms with E-state index in [1.165, 1.54) is 6.20 Å². The Kier molecular flexibility index (Phi) is 5.28. The minimum absolute atomic E-state index is 0.0713. The lowest BCUT2D eigenvalue weighted by Gasteiger charge is -2.33. The van der Waals surface area contributed by atoms with Gasteiger partial charge in [-0.05, 0) is 50.7 Å². The summed E-state index contributed by atoms with van der Waals surface area (Å²) in [5.41, 5.74) is 6.33. The third-order valence-electron chi connectivity index (χ3n) is 7.43. The molecule has 1 saturated heterocycles. The predicted molar refractivity (Wildman–Crippen MR) is 118 cm³/mol. The molecule has 4 atom stereocenters. The van der Waals surface area contributed by atoms with E-state index < -0.39 is 27.4 Å². The van der Waals surface area contributed by atoms with E-state index in [0.717, 1.165) is 24.6 Å². The molecule has 2 aliphatic carbocycles. The number of nitrogen functional groups attached to an aromatic ring is 1. The molecule has 3 fully saturated rings. The van der Waals surface area contributed by atoms with Crippen LogP contribution in [0.5, 0.6) is 0 Å². The van der Waals surface area contributed by atoms with Crippen LogP contribution in [0, 0.1) is 11.8 Å². The first-order valence-corrected chi connectivity index (χ1v) is 13.1. The van der Waals surface area contributed by atoms with Crippen LogP contribution in [-0.2, 0) is 16.0 Å². The lowest BCUT2D eigenvalue weighted by molar-refractivity contribution is -0.137. The number of nitrogens with two attached hydrogens (primary N) is 1. The number of nitrogens with zero attached hydrogens (tertiary/aromatic N) is 4. The van der Waals surface area contributed by atoms with Crippen molar-refractivity contribution in [1.82, 2.24) is 19.7 Å². The summed E-state index contributed by atoms with van der Waals surface area (Å²) in [6, 6.07) is 3.41. The summed E-state index contributed by atoms with van der Waals surface area (Å²) >= 11 is 0. The maximum absolute atomic E-state index is 13.3. The first-order valence-electron chi connectivity index (χ1n) is 11.3. The van der Waals surface area contributed by atoms with Gasteiger partial charge >= 0.3 is 6.18 Å². The molecule has 2 N–H and O–H groups in total. The second-order valence-electron chi connectivity index (χ2n) is 9.81. The average molecular weight is 484 g/mol. The highest BCUT2D eigenvalue weighted by molar-refractivity contribution is 7.91. The zero-order chi connectivity index (χ0) is 23.7. The van der Waals surface area contributed by atoms with Crippen molar-refractivity contribution >= 4 is 15.7 Å².